The minimum Gasteiger partial charge on any atom is -0.309 e. The van der Waals surface area contributed by atoms with Gasteiger partial charge in [0.1, 0.15) is 75.6 Å². The largest absolute Gasteiger partial charge is 0.389 e. The predicted octanol–water partition coefficient (Wildman–Crippen LogP) is 11.3. The fourth-order valence-electron chi connectivity index (χ4n) is 15.8. The molecule has 3 saturated carbocycles. The molecule has 18 rings (SSSR count). The molecule has 9 aromatic heterocycles. The van der Waals surface area contributed by atoms with E-state index < -0.39 is 82.4 Å². The number of nitrogens with one attached hydrogen (secondary N) is 6. The van der Waals surface area contributed by atoms with Gasteiger partial charge in [-0.2, -0.15) is 54.8 Å². The number of halogens is 10. The number of benzene rings is 3. The van der Waals surface area contributed by atoms with E-state index in [1.807, 2.05) is 62.4 Å². The van der Waals surface area contributed by atoms with Crippen molar-refractivity contribution in [2.24, 2.45) is 17.8 Å². The highest BCUT2D eigenvalue weighted by Crippen LogP contribution is 2.58. The molecule has 12 aromatic rings. The summed E-state index contributed by atoms with van der Waals surface area (Å²) in [6, 6.07) is 19.6. The van der Waals surface area contributed by atoms with Crippen LogP contribution in [0.4, 0.5) is 61.4 Å². The van der Waals surface area contributed by atoms with Gasteiger partial charge in [-0.25, -0.2) is 62.8 Å². The van der Waals surface area contributed by atoms with E-state index >= 15 is 0 Å². The van der Waals surface area contributed by atoms with E-state index in [9.17, 15) is 72.7 Å². The lowest BCUT2D eigenvalue weighted by atomic mass is 9.71. The number of aromatic nitrogens is 18. The Hall–Kier alpha value is -12.3. The van der Waals surface area contributed by atoms with E-state index in [0.717, 1.165) is 60.8 Å². The van der Waals surface area contributed by atoms with Crippen LogP contribution in [0.1, 0.15) is 144 Å². The number of amides is 3. The number of hydrogen-bond donors (Lipinski definition) is 6. The third-order valence-corrected chi connectivity index (χ3v) is 21.3. The Balaban J connectivity index is 0.000000127. The van der Waals surface area contributed by atoms with Gasteiger partial charge in [0.2, 0.25) is 17.7 Å². The molecule has 0 saturated heterocycles. The molecule has 12 heterocycles. The number of carbonyl (C=O) groups is 3. The van der Waals surface area contributed by atoms with E-state index in [2.05, 4.69) is 91.1 Å². The first-order valence-electron chi connectivity index (χ1n) is 36.0. The molecule has 0 spiro atoms. The lowest BCUT2D eigenvalue weighted by Gasteiger charge is -2.27. The first kappa shape index (κ1) is 73.8. The monoisotopic (exact) mass is 1550 g/mol. The van der Waals surface area contributed by atoms with Gasteiger partial charge in [-0.1, -0.05) is 71.8 Å². The Labute approximate surface area is 625 Å². The van der Waals surface area contributed by atoms with E-state index in [4.69, 9.17) is 0 Å². The molecule has 3 unspecified atom stereocenters. The molecule has 3 aliphatic carbocycles. The van der Waals surface area contributed by atoms with Crippen molar-refractivity contribution in [3.63, 3.8) is 0 Å². The predicted molar refractivity (Wildman–Crippen MR) is 381 cm³/mol. The van der Waals surface area contributed by atoms with Gasteiger partial charge in [0, 0.05) is 19.3 Å². The average molecular weight is 1550 g/mol. The molecule has 0 radical (unpaired) electrons. The number of aromatic amines is 3. The Kier molecular flexibility index (Phi) is 18.2. The molecule has 3 amide bonds. The van der Waals surface area contributed by atoms with E-state index in [1.54, 1.807) is 13.0 Å². The highest BCUT2D eigenvalue weighted by Gasteiger charge is 2.62. The molecule has 576 valence electrons. The number of H-pyrrole nitrogens is 3. The quantitative estimate of drug-likeness (QED) is 0.0435. The van der Waals surface area contributed by atoms with Crippen molar-refractivity contribution in [1.82, 2.24) is 88.6 Å². The van der Waals surface area contributed by atoms with Crippen LogP contribution in [-0.4, -0.2) is 125 Å². The molecular weight excluding hydrogens is 1480 g/mol. The number of alkyl halides is 9. The Morgan fingerprint density at radius 2 is 0.705 bits per heavy atom. The van der Waals surface area contributed by atoms with Crippen molar-refractivity contribution in [3.05, 3.63) is 208 Å². The van der Waals surface area contributed by atoms with Gasteiger partial charge >= 0.3 is 18.5 Å². The second-order valence-corrected chi connectivity index (χ2v) is 28.9. The van der Waals surface area contributed by atoms with Crippen LogP contribution in [0.5, 0.6) is 0 Å². The van der Waals surface area contributed by atoms with Crippen LogP contribution in [0, 0.1) is 44.3 Å². The van der Waals surface area contributed by atoms with Crippen LogP contribution in [0.25, 0.3) is 51.5 Å². The zero-order valence-electron chi connectivity index (χ0n) is 59.6. The summed E-state index contributed by atoms with van der Waals surface area (Å²) in [6.07, 6.45) is -3.36. The van der Waals surface area contributed by atoms with Gasteiger partial charge in [-0.3, -0.25) is 28.8 Å². The lowest BCUT2D eigenvalue weighted by molar-refractivity contribution is -0.136. The highest BCUT2D eigenvalue weighted by atomic mass is 19.4. The Morgan fingerprint density at radius 1 is 0.411 bits per heavy atom. The normalized spacial score (nSPS) is 19.2. The molecule has 27 nitrogen and oxygen atoms in total. The van der Waals surface area contributed by atoms with Crippen molar-refractivity contribution < 1.29 is 58.3 Å². The van der Waals surface area contributed by atoms with E-state index in [1.165, 1.54) is 63.3 Å². The molecule has 3 aromatic carbocycles. The maximum Gasteiger partial charge on any atom is 0.389 e. The molecule has 3 atom stereocenters. The molecule has 3 aliphatic heterocycles. The van der Waals surface area contributed by atoms with Crippen LogP contribution >= 0.6 is 0 Å². The number of hydrogen-bond acceptors (Lipinski definition) is 18. The summed E-state index contributed by atoms with van der Waals surface area (Å²) in [5.74, 6) is -1.03. The standard InChI is InChI=1S/C25H21F4N7O2.2C25H22F3N7O2/c1-12-9-14(6-7-15(12)26)25(13-4-5-13)18-20(35-23(25)38)33-19(34-22(18)37)17-10-36-21(30-11-31-36)16(32-17)3-2-8-24(27,28)29;2*1-13-4-6-14(7-5-13)25(15-8-9-15)18-20(34-23(25)37)32-19(33-22(18)36)17-11-35-21(29-12-30-35)16(31-17)3-2-10-24(26,27)28/h6-7,9-11,13H,2-5,8H2,1H3,(H2,33,34,35,37,38);2*4-7,11-12,15H,2-3,8-10H2,1H3,(H2,32,33,34,36,37). The maximum atomic E-state index is 14.0. The van der Waals surface area contributed by atoms with Crippen molar-refractivity contribution in [2.45, 2.75) is 152 Å². The van der Waals surface area contributed by atoms with Gasteiger partial charge in [-0.15, -0.1) is 0 Å². The summed E-state index contributed by atoms with van der Waals surface area (Å²) in [4.78, 5) is 129. The molecule has 3 fully saturated rings. The van der Waals surface area contributed by atoms with Gasteiger partial charge in [0.15, 0.2) is 34.4 Å². The second kappa shape index (κ2) is 27.6. The van der Waals surface area contributed by atoms with Crippen molar-refractivity contribution in [1.29, 1.82) is 0 Å². The van der Waals surface area contributed by atoms with Crippen LogP contribution in [-0.2, 0) is 49.9 Å². The first-order valence-corrected chi connectivity index (χ1v) is 36.0. The number of carbonyl (C=O) groups excluding carboxylic acids is 3. The van der Waals surface area contributed by atoms with Crippen LogP contribution in [0.15, 0.2) is 119 Å². The fourth-order valence-corrected chi connectivity index (χ4v) is 15.8. The summed E-state index contributed by atoms with van der Waals surface area (Å²) in [6.45, 7) is 5.50. The van der Waals surface area contributed by atoms with Crippen molar-refractivity contribution >= 4 is 52.1 Å². The fraction of sp³-hybridized carbons (Fsp3) is 0.360. The van der Waals surface area contributed by atoms with Gasteiger partial charge in [0.25, 0.3) is 16.7 Å². The van der Waals surface area contributed by atoms with E-state index in [-0.39, 0.29) is 142 Å². The van der Waals surface area contributed by atoms with Gasteiger partial charge in [-0.05, 0) is 144 Å². The van der Waals surface area contributed by atoms with Crippen LogP contribution < -0.4 is 32.6 Å². The third kappa shape index (κ3) is 13.4. The molecule has 6 aliphatic rings. The molecule has 6 N–H and O–H groups in total. The number of rotatable bonds is 18. The minimum atomic E-state index is -4.30. The SMILES string of the molecule is Cc1cc(C2(C3CC3)C(=O)Nc3nc(-c4cn5ncnc5c(CCCC(F)(F)F)n4)[nH]c(=O)c32)ccc1F.Cc1ccc(C2(C3CC3)C(=O)Nc3nc(-c4cn5ncnc5c(CCCC(F)(F)F)n4)[nH]c(=O)c32)cc1.Cc1ccc(C2(C3CC3)C(=O)Nc3nc(-c4cn5ncnc5c(CCCC(F)(F)F)n4)[nH]c(=O)c32)cc1. The Bertz CT molecular complexity index is 5740. The van der Waals surface area contributed by atoms with Crippen LogP contribution in [0.2, 0.25) is 0 Å². The summed E-state index contributed by atoms with van der Waals surface area (Å²) in [7, 11) is 0. The van der Waals surface area contributed by atoms with Crippen molar-refractivity contribution in [2.75, 3.05) is 16.0 Å². The first-order chi connectivity index (χ1) is 53.4. The third-order valence-electron chi connectivity index (χ3n) is 21.3. The average Bonchev–Trinajstić information content (AvgIpc) is 1.55. The number of fused-ring (bicyclic) bond motifs is 6. The van der Waals surface area contributed by atoms with Gasteiger partial charge < -0.3 is 30.9 Å². The maximum absolute atomic E-state index is 14.0. The molecular formula is C75H65F10N21O6. The van der Waals surface area contributed by atoms with Crippen LogP contribution in [0.3, 0.4) is 0 Å². The zero-order chi connectivity index (χ0) is 78.7. The summed E-state index contributed by atoms with van der Waals surface area (Å²) < 4.78 is 132. The highest BCUT2D eigenvalue weighted by molar-refractivity contribution is 6.10. The summed E-state index contributed by atoms with van der Waals surface area (Å²) >= 11 is 0. The second-order valence-electron chi connectivity index (χ2n) is 28.9. The number of aryl methyl sites for hydroxylation is 6. The van der Waals surface area contributed by atoms with E-state index in [0.29, 0.717) is 39.5 Å². The lowest BCUT2D eigenvalue weighted by Crippen LogP contribution is -2.41. The topological polar surface area (TPSA) is 354 Å². The molecule has 0 bridgehead atoms. The number of nitrogens with zero attached hydrogens (tertiary/aromatic N) is 15. The minimum absolute atomic E-state index is 0.0136. The number of anilines is 3. The summed E-state index contributed by atoms with van der Waals surface area (Å²) in [5.41, 5.74) is 2.48. The van der Waals surface area contributed by atoms with Gasteiger partial charge in [0.05, 0.1) is 52.4 Å². The van der Waals surface area contributed by atoms with Crippen molar-refractivity contribution in [3.8, 4) is 34.6 Å². The summed E-state index contributed by atoms with van der Waals surface area (Å²) in [5, 5.41) is 20.6. The molecule has 37 heteroatoms. The Morgan fingerprint density at radius 3 is 0.991 bits per heavy atom. The molecule has 112 heavy (non-hydrogen) atoms. The smallest absolute Gasteiger partial charge is 0.309 e. The zero-order valence-corrected chi connectivity index (χ0v) is 59.6.